The molecule has 0 spiro atoms. The molecule has 0 saturated carbocycles. The second-order valence-electron chi connectivity index (χ2n) is 9.33. The van der Waals surface area contributed by atoms with Gasteiger partial charge in [0.1, 0.15) is 0 Å². The van der Waals surface area contributed by atoms with Crippen molar-refractivity contribution < 1.29 is 18.0 Å². The van der Waals surface area contributed by atoms with Crippen molar-refractivity contribution in [2.75, 3.05) is 6.54 Å². The predicted octanol–water partition coefficient (Wildman–Crippen LogP) is 5.97. The number of alkyl halides is 3. The van der Waals surface area contributed by atoms with E-state index in [-0.39, 0.29) is 18.0 Å². The van der Waals surface area contributed by atoms with Crippen molar-refractivity contribution >= 4 is 22.2 Å². The highest BCUT2D eigenvalue weighted by Gasteiger charge is 2.39. The van der Waals surface area contributed by atoms with Gasteiger partial charge in [-0.3, -0.25) is 9.48 Å². The third-order valence-corrected chi connectivity index (χ3v) is 7.03. The van der Waals surface area contributed by atoms with Gasteiger partial charge in [0.15, 0.2) is 5.69 Å². The average molecular weight is 514 g/mol. The summed E-state index contributed by atoms with van der Waals surface area (Å²) in [4.78, 5) is 19.1. The lowest BCUT2D eigenvalue weighted by Gasteiger charge is -2.34. The van der Waals surface area contributed by atoms with Crippen LogP contribution in [0.4, 0.5) is 18.2 Å². The number of aromatic nitrogens is 2. The predicted molar refractivity (Wildman–Crippen MR) is 134 cm³/mol. The number of thiophene rings is 1. The molecule has 1 amide bonds. The van der Waals surface area contributed by atoms with E-state index in [0.717, 1.165) is 10.4 Å². The SMILES string of the molecule is [C-]#[N+]c1cc2c(s1)CN(C(=O)/C=C/C(C)(C)N)CC2c1ccccc1-c1cn(CC)nc1C(F)(F)F. The molecule has 1 atom stereocenters. The minimum Gasteiger partial charge on any atom is -0.333 e. The molecular formula is C26H26F3N5OS. The van der Waals surface area contributed by atoms with Gasteiger partial charge in [0, 0.05) is 47.3 Å². The van der Waals surface area contributed by atoms with Gasteiger partial charge >= 0.3 is 6.18 Å². The second-order valence-corrected chi connectivity index (χ2v) is 10.4. The number of hydrogen-bond acceptors (Lipinski definition) is 4. The van der Waals surface area contributed by atoms with Crippen molar-refractivity contribution in [2.24, 2.45) is 5.73 Å². The molecule has 3 aromatic rings. The van der Waals surface area contributed by atoms with Gasteiger partial charge in [-0.15, -0.1) is 0 Å². The summed E-state index contributed by atoms with van der Waals surface area (Å²) in [5.41, 5.74) is 6.29. The third kappa shape index (κ3) is 5.22. The molecule has 6 nitrogen and oxygen atoms in total. The maximum atomic E-state index is 13.9. The summed E-state index contributed by atoms with van der Waals surface area (Å²) in [6, 6.07) is 8.69. The minimum atomic E-state index is -4.62. The largest absolute Gasteiger partial charge is 0.435 e. The highest BCUT2D eigenvalue weighted by molar-refractivity contribution is 7.16. The summed E-state index contributed by atoms with van der Waals surface area (Å²) >= 11 is 1.30. The molecular weight excluding hydrogens is 487 g/mol. The fraction of sp³-hybridized carbons (Fsp3) is 0.346. The van der Waals surface area contributed by atoms with Crippen LogP contribution in [0.3, 0.4) is 0 Å². The molecule has 0 aliphatic carbocycles. The first-order valence-electron chi connectivity index (χ1n) is 11.4. The number of fused-ring (bicyclic) bond motifs is 1. The Hall–Kier alpha value is -3.42. The molecule has 4 rings (SSSR count). The van der Waals surface area contributed by atoms with E-state index in [1.54, 1.807) is 62.1 Å². The molecule has 0 fully saturated rings. The van der Waals surface area contributed by atoms with Gasteiger partial charge in [0.05, 0.1) is 13.1 Å². The second kappa shape index (κ2) is 9.56. The van der Waals surface area contributed by atoms with Gasteiger partial charge in [-0.25, -0.2) is 4.85 Å². The quantitative estimate of drug-likeness (QED) is 0.338. The first-order chi connectivity index (χ1) is 16.9. The van der Waals surface area contributed by atoms with Gasteiger partial charge in [0.2, 0.25) is 10.9 Å². The first kappa shape index (κ1) is 25.7. The summed E-state index contributed by atoms with van der Waals surface area (Å²) in [6.07, 6.45) is -0.146. The Balaban J connectivity index is 1.84. The van der Waals surface area contributed by atoms with Crippen molar-refractivity contribution in [1.82, 2.24) is 14.7 Å². The van der Waals surface area contributed by atoms with Crippen molar-refractivity contribution in [2.45, 2.75) is 51.5 Å². The summed E-state index contributed by atoms with van der Waals surface area (Å²) in [5, 5.41) is 4.26. The highest BCUT2D eigenvalue weighted by atomic mass is 32.1. The van der Waals surface area contributed by atoms with Crippen LogP contribution in [0.2, 0.25) is 0 Å². The van der Waals surface area contributed by atoms with Crippen molar-refractivity contribution in [3.8, 4) is 11.1 Å². The van der Waals surface area contributed by atoms with Crippen LogP contribution in [0.25, 0.3) is 16.0 Å². The molecule has 2 aromatic heterocycles. The molecule has 1 aliphatic rings. The Kier molecular flexibility index (Phi) is 6.82. The van der Waals surface area contributed by atoms with Crippen molar-refractivity contribution in [1.29, 1.82) is 0 Å². The molecule has 0 bridgehead atoms. The van der Waals surface area contributed by atoms with Gasteiger partial charge < -0.3 is 10.6 Å². The van der Waals surface area contributed by atoms with E-state index in [1.807, 2.05) is 0 Å². The van der Waals surface area contributed by atoms with Crippen LogP contribution < -0.4 is 5.73 Å². The normalized spacial score (nSPS) is 16.3. The molecule has 1 aromatic carbocycles. The fourth-order valence-corrected chi connectivity index (χ4v) is 5.34. The average Bonchev–Trinajstić information content (AvgIpc) is 3.45. The molecule has 3 heterocycles. The van der Waals surface area contributed by atoms with Crippen LogP contribution in [0.1, 0.15) is 48.4 Å². The Morgan fingerprint density at radius 3 is 2.64 bits per heavy atom. The monoisotopic (exact) mass is 513 g/mol. The molecule has 36 heavy (non-hydrogen) atoms. The first-order valence-corrected chi connectivity index (χ1v) is 12.2. The summed E-state index contributed by atoms with van der Waals surface area (Å²) in [5.74, 6) is -0.653. The molecule has 1 unspecified atom stereocenters. The standard InChI is InChI=1S/C26H26F3N5OS/c1-5-34-14-20(24(32-34)26(27,28)29)17-9-7-6-8-16(17)19-13-33(23(35)10-11-25(2,3)30)15-21-18(19)12-22(31-4)36-21/h6-12,14,19H,5,13,15,30H2,1-3H3/b11-10+. The lowest BCUT2D eigenvalue weighted by atomic mass is 9.83. The van der Waals surface area contributed by atoms with Gasteiger partial charge in [-0.2, -0.15) is 29.6 Å². The zero-order chi connectivity index (χ0) is 26.3. The van der Waals surface area contributed by atoms with Crippen molar-refractivity contribution in [3.05, 3.63) is 81.8 Å². The zero-order valence-electron chi connectivity index (χ0n) is 20.1. The number of aryl methyl sites for hydroxylation is 1. The number of rotatable bonds is 5. The van der Waals surface area contributed by atoms with E-state index in [2.05, 4.69) is 9.94 Å². The van der Waals surface area contributed by atoms with Crippen molar-refractivity contribution in [3.63, 3.8) is 0 Å². The van der Waals surface area contributed by atoms with E-state index >= 15 is 0 Å². The van der Waals surface area contributed by atoms with Crippen LogP contribution in [0.15, 0.2) is 48.7 Å². The Labute approximate surface area is 211 Å². The Bertz CT molecular complexity index is 1360. The molecule has 188 valence electrons. The maximum absolute atomic E-state index is 13.9. The Morgan fingerprint density at radius 1 is 1.28 bits per heavy atom. The summed E-state index contributed by atoms with van der Waals surface area (Å²) in [7, 11) is 0. The Morgan fingerprint density at radius 2 is 2.00 bits per heavy atom. The van der Waals surface area contributed by atoms with Gasteiger partial charge in [-0.1, -0.05) is 30.3 Å². The molecule has 1 aliphatic heterocycles. The number of nitrogens with two attached hydrogens (primary N) is 1. The van der Waals surface area contributed by atoms with E-state index < -0.39 is 23.3 Å². The molecule has 0 saturated heterocycles. The highest BCUT2D eigenvalue weighted by Crippen LogP contribution is 2.45. The van der Waals surface area contributed by atoms with Crippen LogP contribution in [-0.2, 0) is 24.1 Å². The number of hydrogen-bond donors (Lipinski definition) is 1. The van der Waals surface area contributed by atoms with Crippen LogP contribution in [0, 0.1) is 6.57 Å². The topological polar surface area (TPSA) is 68.5 Å². The van der Waals surface area contributed by atoms with Gasteiger partial charge in [-0.05, 0) is 43.5 Å². The lowest BCUT2D eigenvalue weighted by Crippen LogP contribution is -2.38. The van der Waals surface area contributed by atoms with Crippen LogP contribution >= 0.6 is 11.3 Å². The molecule has 2 N–H and O–H groups in total. The van der Waals surface area contributed by atoms with E-state index in [4.69, 9.17) is 12.3 Å². The summed E-state index contributed by atoms with van der Waals surface area (Å²) in [6.45, 7) is 13.6. The maximum Gasteiger partial charge on any atom is 0.435 e. The lowest BCUT2D eigenvalue weighted by molar-refractivity contribution is -0.141. The fourth-order valence-electron chi connectivity index (χ4n) is 4.32. The number of halogens is 3. The van der Waals surface area contributed by atoms with Crippen LogP contribution in [0.5, 0.6) is 0 Å². The number of carbonyl (C=O) groups is 1. The third-order valence-electron chi connectivity index (χ3n) is 6.00. The van der Waals surface area contributed by atoms with Gasteiger partial charge in [0.25, 0.3) is 0 Å². The molecule has 10 heteroatoms. The van der Waals surface area contributed by atoms with E-state index in [0.29, 0.717) is 29.2 Å². The zero-order valence-corrected chi connectivity index (χ0v) is 21.0. The van der Waals surface area contributed by atoms with Crippen LogP contribution in [-0.4, -0.2) is 32.7 Å². The smallest absolute Gasteiger partial charge is 0.333 e. The van der Waals surface area contributed by atoms with E-state index in [1.165, 1.54) is 28.3 Å². The summed E-state index contributed by atoms with van der Waals surface area (Å²) < 4.78 is 43.0. The minimum absolute atomic E-state index is 0.00430. The molecule has 0 radical (unpaired) electrons. The number of benzene rings is 1. The number of carbonyl (C=O) groups excluding carboxylic acids is 1. The number of nitrogens with zero attached hydrogens (tertiary/aromatic N) is 4. The number of amides is 1. The van der Waals surface area contributed by atoms with E-state index in [9.17, 15) is 18.0 Å².